The van der Waals surface area contributed by atoms with Gasteiger partial charge in [-0.05, 0) is 30.3 Å². The molecule has 0 fully saturated rings. The molecule has 4 rings (SSSR count). The summed E-state index contributed by atoms with van der Waals surface area (Å²) in [6, 6.07) is 19.2. The fourth-order valence-electron chi connectivity index (χ4n) is 3.06. The highest BCUT2D eigenvalue weighted by Gasteiger charge is 2.17. The molecule has 2 heterocycles. The Balaban J connectivity index is 1.66. The van der Waals surface area contributed by atoms with Gasteiger partial charge in [0.15, 0.2) is 5.69 Å². The van der Waals surface area contributed by atoms with Crippen LogP contribution in [0.3, 0.4) is 0 Å². The van der Waals surface area contributed by atoms with Crippen molar-refractivity contribution in [2.45, 2.75) is 6.54 Å². The second-order valence-electron chi connectivity index (χ2n) is 6.60. The van der Waals surface area contributed by atoms with Crippen molar-refractivity contribution >= 4 is 5.91 Å². The van der Waals surface area contributed by atoms with E-state index in [0.717, 1.165) is 28.3 Å². The van der Waals surface area contributed by atoms with Crippen LogP contribution in [0.4, 0.5) is 0 Å². The number of benzene rings is 2. The standard InChI is InChI=1S/C22H21N5O2/c1-26-15-16(14-24-26)13-23-22(28)20-12-21(17-6-4-3-5-7-17)27(25-20)18-8-10-19(29-2)11-9-18/h3-12,14-15H,13H2,1-2H3,(H,23,28). The van der Waals surface area contributed by atoms with Gasteiger partial charge >= 0.3 is 0 Å². The second-order valence-corrected chi connectivity index (χ2v) is 6.60. The van der Waals surface area contributed by atoms with Crippen LogP contribution in [0.5, 0.6) is 5.75 Å². The molecule has 7 heteroatoms. The van der Waals surface area contributed by atoms with Gasteiger partial charge in [0.2, 0.25) is 0 Å². The minimum absolute atomic E-state index is 0.238. The van der Waals surface area contributed by atoms with Gasteiger partial charge in [-0.3, -0.25) is 9.48 Å². The first-order valence-electron chi connectivity index (χ1n) is 9.19. The number of nitrogens with zero attached hydrogens (tertiary/aromatic N) is 4. The number of carbonyl (C=O) groups excluding carboxylic acids is 1. The minimum atomic E-state index is -0.238. The Morgan fingerprint density at radius 3 is 2.52 bits per heavy atom. The van der Waals surface area contributed by atoms with E-state index >= 15 is 0 Å². The number of amides is 1. The van der Waals surface area contributed by atoms with Gasteiger partial charge in [0.05, 0.1) is 24.7 Å². The molecule has 0 saturated heterocycles. The number of methoxy groups -OCH3 is 1. The lowest BCUT2D eigenvalue weighted by molar-refractivity contribution is 0.0945. The molecular formula is C22H21N5O2. The molecule has 1 N–H and O–H groups in total. The molecule has 0 radical (unpaired) electrons. The zero-order valence-electron chi connectivity index (χ0n) is 16.2. The summed E-state index contributed by atoms with van der Waals surface area (Å²) in [5.41, 5.74) is 3.93. The Morgan fingerprint density at radius 1 is 1.10 bits per heavy atom. The number of rotatable bonds is 6. The Labute approximate surface area is 168 Å². The van der Waals surface area contributed by atoms with E-state index in [0.29, 0.717) is 12.2 Å². The number of hydrogen-bond donors (Lipinski definition) is 1. The van der Waals surface area contributed by atoms with Crippen molar-refractivity contribution in [2.24, 2.45) is 7.05 Å². The summed E-state index contributed by atoms with van der Waals surface area (Å²) in [5, 5.41) is 11.6. The molecule has 1 amide bonds. The van der Waals surface area contributed by atoms with E-state index in [1.807, 2.05) is 67.8 Å². The van der Waals surface area contributed by atoms with Crippen molar-refractivity contribution in [1.29, 1.82) is 0 Å². The summed E-state index contributed by atoms with van der Waals surface area (Å²) >= 11 is 0. The molecule has 7 nitrogen and oxygen atoms in total. The average Bonchev–Trinajstić information content (AvgIpc) is 3.39. The Kier molecular flexibility index (Phi) is 5.11. The summed E-state index contributed by atoms with van der Waals surface area (Å²) in [6.07, 6.45) is 3.59. The molecule has 0 atom stereocenters. The largest absolute Gasteiger partial charge is 0.497 e. The smallest absolute Gasteiger partial charge is 0.272 e. The number of carbonyl (C=O) groups is 1. The van der Waals surface area contributed by atoms with Gasteiger partial charge in [-0.15, -0.1) is 0 Å². The number of aryl methyl sites for hydroxylation is 1. The number of nitrogens with one attached hydrogen (secondary N) is 1. The van der Waals surface area contributed by atoms with Gasteiger partial charge in [-0.2, -0.15) is 10.2 Å². The SMILES string of the molecule is COc1ccc(-n2nc(C(=O)NCc3cnn(C)c3)cc2-c2ccccc2)cc1. The van der Waals surface area contributed by atoms with Crippen LogP contribution in [-0.4, -0.2) is 32.6 Å². The van der Waals surface area contributed by atoms with Crippen molar-refractivity contribution in [1.82, 2.24) is 24.9 Å². The van der Waals surface area contributed by atoms with E-state index in [2.05, 4.69) is 15.5 Å². The molecule has 2 aromatic carbocycles. The third-order valence-corrected chi connectivity index (χ3v) is 4.54. The number of hydrogen-bond acceptors (Lipinski definition) is 4. The van der Waals surface area contributed by atoms with E-state index in [4.69, 9.17) is 4.74 Å². The normalized spacial score (nSPS) is 10.7. The van der Waals surface area contributed by atoms with Gasteiger partial charge in [0, 0.05) is 30.9 Å². The zero-order valence-corrected chi connectivity index (χ0v) is 16.2. The first-order valence-corrected chi connectivity index (χ1v) is 9.19. The fourth-order valence-corrected chi connectivity index (χ4v) is 3.06. The maximum Gasteiger partial charge on any atom is 0.272 e. The maximum absolute atomic E-state index is 12.7. The van der Waals surface area contributed by atoms with Crippen LogP contribution in [0.1, 0.15) is 16.1 Å². The Bertz CT molecular complexity index is 1110. The highest BCUT2D eigenvalue weighted by Crippen LogP contribution is 2.25. The lowest BCUT2D eigenvalue weighted by Crippen LogP contribution is -2.23. The highest BCUT2D eigenvalue weighted by atomic mass is 16.5. The van der Waals surface area contributed by atoms with Crippen molar-refractivity contribution in [3.63, 3.8) is 0 Å². The van der Waals surface area contributed by atoms with Crippen molar-refractivity contribution in [3.05, 3.63) is 84.3 Å². The summed E-state index contributed by atoms with van der Waals surface area (Å²) in [7, 11) is 3.47. The van der Waals surface area contributed by atoms with Crippen LogP contribution >= 0.6 is 0 Å². The summed E-state index contributed by atoms with van der Waals surface area (Å²) in [5.74, 6) is 0.523. The molecule has 0 bridgehead atoms. The fraction of sp³-hybridized carbons (Fsp3) is 0.136. The molecule has 0 saturated carbocycles. The quantitative estimate of drug-likeness (QED) is 0.551. The lowest BCUT2D eigenvalue weighted by Gasteiger charge is -2.08. The van der Waals surface area contributed by atoms with Crippen LogP contribution in [0.25, 0.3) is 16.9 Å². The predicted octanol–water partition coefficient (Wildman–Crippen LogP) is 3.21. The lowest BCUT2D eigenvalue weighted by atomic mass is 10.1. The van der Waals surface area contributed by atoms with E-state index in [-0.39, 0.29) is 5.91 Å². The summed E-state index contributed by atoms with van der Waals surface area (Å²) < 4.78 is 8.71. The second kappa shape index (κ2) is 8.02. The zero-order chi connectivity index (χ0) is 20.2. The predicted molar refractivity (Wildman–Crippen MR) is 110 cm³/mol. The summed E-state index contributed by atoms with van der Waals surface area (Å²) in [4.78, 5) is 12.7. The molecule has 4 aromatic rings. The molecule has 0 aliphatic rings. The van der Waals surface area contributed by atoms with Gasteiger partial charge in [-0.1, -0.05) is 30.3 Å². The van der Waals surface area contributed by atoms with Gasteiger partial charge < -0.3 is 10.1 Å². The molecule has 29 heavy (non-hydrogen) atoms. The topological polar surface area (TPSA) is 74.0 Å². The minimum Gasteiger partial charge on any atom is -0.497 e. The first-order chi connectivity index (χ1) is 14.1. The molecule has 0 aliphatic carbocycles. The maximum atomic E-state index is 12.7. The van der Waals surface area contributed by atoms with Crippen LogP contribution in [0, 0.1) is 0 Å². The molecule has 146 valence electrons. The Hall–Kier alpha value is -3.87. The molecule has 2 aromatic heterocycles. The van der Waals surface area contributed by atoms with E-state index < -0.39 is 0 Å². The van der Waals surface area contributed by atoms with Crippen LogP contribution in [0.2, 0.25) is 0 Å². The first kappa shape index (κ1) is 18.5. The van der Waals surface area contributed by atoms with E-state index in [1.54, 1.807) is 28.7 Å². The van der Waals surface area contributed by atoms with Crippen molar-refractivity contribution < 1.29 is 9.53 Å². The molecule has 0 unspecified atom stereocenters. The molecule has 0 spiro atoms. The Morgan fingerprint density at radius 2 is 1.86 bits per heavy atom. The van der Waals surface area contributed by atoms with E-state index in [1.165, 1.54) is 0 Å². The van der Waals surface area contributed by atoms with Crippen LogP contribution < -0.4 is 10.1 Å². The van der Waals surface area contributed by atoms with Crippen LogP contribution in [0.15, 0.2) is 73.1 Å². The van der Waals surface area contributed by atoms with Gasteiger partial charge in [-0.25, -0.2) is 4.68 Å². The number of aromatic nitrogens is 4. The third kappa shape index (κ3) is 4.03. The third-order valence-electron chi connectivity index (χ3n) is 4.54. The number of ether oxygens (including phenoxy) is 1. The molecule has 0 aliphatic heterocycles. The monoisotopic (exact) mass is 387 g/mol. The van der Waals surface area contributed by atoms with Gasteiger partial charge in [0.1, 0.15) is 5.75 Å². The van der Waals surface area contributed by atoms with Crippen molar-refractivity contribution in [2.75, 3.05) is 7.11 Å². The molecular weight excluding hydrogens is 366 g/mol. The average molecular weight is 387 g/mol. The summed E-state index contributed by atoms with van der Waals surface area (Å²) in [6.45, 7) is 0.392. The van der Waals surface area contributed by atoms with Gasteiger partial charge in [0.25, 0.3) is 5.91 Å². The van der Waals surface area contributed by atoms with E-state index in [9.17, 15) is 4.79 Å². The van der Waals surface area contributed by atoms with Crippen molar-refractivity contribution in [3.8, 4) is 22.7 Å². The van der Waals surface area contributed by atoms with Crippen LogP contribution in [-0.2, 0) is 13.6 Å². The highest BCUT2D eigenvalue weighted by molar-refractivity contribution is 5.93.